The molecule has 18 heavy (non-hydrogen) atoms. The Morgan fingerprint density at radius 1 is 1.17 bits per heavy atom. The second-order valence-electron chi connectivity index (χ2n) is 3.52. The summed E-state index contributed by atoms with van der Waals surface area (Å²) in [7, 11) is 0. The number of alkyl halides is 3. The zero-order valence-electron chi connectivity index (χ0n) is 9.00. The van der Waals surface area contributed by atoms with Gasteiger partial charge >= 0.3 is 6.18 Å². The number of ether oxygens (including phenoxy) is 1. The molecule has 0 N–H and O–H groups in total. The Balaban J connectivity index is 2.06. The van der Waals surface area contributed by atoms with Crippen molar-refractivity contribution >= 4 is 27.3 Å². The molecule has 1 nitrogen and oxygen atoms in total. The van der Waals surface area contributed by atoms with Crippen LogP contribution < -0.4 is 4.74 Å². The van der Waals surface area contributed by atoms with Crippen LogP contribution in [0.4, 0.5) is 13.2 Å². The van der Waals surface area contributed by atoms with Crippen molar-refractivity contribution in [3.8, 4) is 5.75 Å². The minimum Gasteiger partial charge on any atom is -0.488 e. The van der Waals surface area contributed by atoms with E-state index in [-0.39, 0.29) is 12.4 Å². The van der Waals surface area contributed by atoms with Crippen LogP contribution in [-0.2, 0) is 12.8 Å². The lowest BCUT2D eigenvalue weighted by atomic mass is 10.2. The molecule has 0 radical (unpaired) electrons. The van der Waals surface area contributed by atoms with Gasteiger partial charge in [-0.25, -0.2) is 0 Å². The van der Waals surface area contributed by atoms with Crippen LogP contribution in [0.15, 0.2) is 40.2 Å². The smallest absolute Gasteiger partial charge is 0.416 e. The van der Waals surface area contributed by atoms with Crippen LogP contribution in [0.5, 0.6) is 5.75 Å². The van der Waals surface area contributed by atoms with Gasteiger partial charge in [-0.05, 0) is 46.3 Å². The third kappa shape index (κ3) is 3.49. The molecule has 0 saturated heterocycles. The van der Waals surface area contributed by atoms with E-state index in [1.807, 2.05) is 12.1 Å². The van der Waals surface area contributed by atoms with E-state index >= 15 is 0 Å². The van der Waals surface area contributed by atoms with E-state index in [2.05, 4.69) is 15.9 Å². The van der Waals surface area contributed by atoms with Crippen molar-refractivity contribution in [2.45, 2.75) is 12.8 Å². The van der Waals surface area contributed by atoms with Crippen LogP contribution in [0.2, 0.25) is 0 Å². The number of hydrogen-bond donors (Lipinski definition) is 0. The first kappa shape index (κ1) is 13.4. The lowest BCUT2D eigenvalue weighted by Crippen LogP contribution is -2.05. The maximum absolute atomic E-state index is 12.5. The molecule has 1 aromatic heterocycles. The van der Waals surface area contributed by atoms with E-state index in [9.17, 15) is 13.2 Å². The minimum atomic E-state index is -4.34. The molecule has 0 aliphatic rings. The molecule has 0 atom stereocenters. The summed E-state index contributed by atoms with van der Waals surface area (Å²) >= 11 is 4.80. The molecule has 0 spiro atoms. The third-order valence-corrected chi connectivity index (χ3v) is 3.77. The second kappa shape index (κ2) is 5.32. The van der Waals surface area contributed by atoms with Crippen molar-refractivity contribution < 1.29 is 17.9 Å². The van der Waals surface area contributed by atoms with Gasteiger partial charge in [-0.2, -0.15) is 13.2 Å². The summed E-state index contributed by atoms with van der Waals surface area (Å²) in [6.07, 6.45) is -4.34. The van der Waals surface area contributed by atoms with Crippen molar-refractivity contribution in [1.29, 1.82) is 0 Å². The van der Waals surface area contributed by atoms with E-state index in [1.165, 1.54) is 23.5 Å². The minimum absolute atomic E-state index is 0.217. The number of halogens is 4. The predicted octanol–water partition coefficient (Wildman–Crippen LogP) is 5.11. The predicted molar refractivity (Wildman–Crippen MR) is 67.8 cm³/mol. The summed E-state index contributed by atoms with van der Waals surface area (Å²) in [6.45, 7) is 0.261. The van der Waals surface area contributed by atoms with Gasteiger partial charge in [0.25, 0.3) is 0 Å². The molecule has 0 fully saturated rings. The van der Waals surface area contributed by atoms with Crippen molar-refractivity contribution in [2.75, 3.05) is 0 Å². The van der Waals surface area contributed by atoms with E-state index in [0.29, 0.717) is 0 Å². The van der Waals surface area contributed by atoms with Crippen LogP contribution in [0.3, 0.4) is 0 Å². The highest BCUT2D eigenvalue weighted by Crippen LogP contribution is 2.31. The zero-order valence-corrected chi connectivity index (χ0v) is 11.4. The standard InChI is InChI=1S/C12H8BrF3OS/c13-11-5-4-10(18-11)7-17-9-3-1-2-8(6-9)12(14,15)16/h1-6H,7H2. The lowest BCUT2D eigenvalue weighted by molar-refractivity contribution is -0.137. The molecule has 0 aliphatic carbocycles. The fourth-order valence-electron chi connectivity index (χ4n) is 1.35. The van der Waals surface area contributed by atoms with Crippen LogP contribution >= 0.6 is 27.3 Å². The molecule has 96 valence electrons. The summed E-state index contributed by atoms with van der Waals surface area (Å²) in [5.41, 5.74) is -0.702. The Bertz CT molecular complexity index is 536. The van der Waals surface area contributed by atoms with Gasteiger partial charge in [-0.3, -0.25) is 0 Å². The van der Waals surface area contributed by atoms with Gasteiger partial charge in [0.2, 0.25) is 0 Å². The molecule has 2 aromatic rings. The first-order valence-corrected chi connectivity index (χ1v) is 6.60. The Morgan fingerprint density at radius 2 is 1.94 bits per heavy atom. The summed E-state index contributed by atoms with van der Waals surface area (Å²) in [6, 6.07) is 8.61. The van der Waals surface area contributed by atoms with E-state index < -0.39 is 11.7 Å². The first-order valence-electron chi connectivity index (χ1n) is 4.99. The van der Waals surface area contributed by atoms with Gasteiger partial charge in [0.1, 0.15) is 12.4 Å². The first-order chi connectivity index (χ1) is 8.45. The third-order valence-electron chi connectivity index (χ3n) is 2.17. The topological polar surface area (TPSA) is 9.23 Å². The van der Waals surface area contributed by atoms with Gasteiger partial charge in [0.15, 0.2) is 0 Å². The number of thiophene rings is 1. The summed E-state index contributed by atoms with van der Waals surface area (Å²) in [4.78, 5) is 0.944. The highest BCUT2D eigenvalue weighted by atomic mass is 79.9. The molecule has 1 aromatic carbocycles. The normalized spacial score (nSPS) is 11.6. The summed E-state index contributed by atoms with van der Waals surface area (Å²) in [5, 5.41) is 0. The summed E-state index contributed by atoms with van der Waals surface area (Å²) in [5.74, 6) is 0.217. The SMILES string of the molecule is FC(F)(F)c1cccc(OCc2ccc(Br)s2)c1. The van der Waals surface area contributed by atoms with Gasteiger partial charge in [-0.15, -0.1) is 11.3 Å². The number of hydrogen-bond acceptors (Lipinski definition) is 2. The monoisotopic (exact) mass is 336 g/mol. The van der Waals surface area contributed by atoms with Crippen LogP contribution in [-0.4, -0.2) is 0 Å². The van der Waals surface area contributed by atoms with E-state index in [1.54, 1.807) is 0 Å². The quantitative estimate of drug-likeness (QED) is 0.756. The van der Waals surface area contributed by atoms with Crippen molar-refractivity contribution in [2.24, 2.45) is 0 Å². The fraction of sp³-hybridized carbons (Fsp3) is 0.167. The molecule has 0 amide bonds. The number of benzene rings is 1. The largest absolute Gasteiger partial charge is 0.488 e. The number of rotatable bonds is 3. The lowest BCUT2D eigenvalue weighted by Gasteiger charge is -2.09. The Morgan fingerprint density at radius 3 is 2.56 bits per heavy atom. The van der Waals surface area contributed by atoms with Crippen LogP contribution in [0.25, 0.3) is 0 Å². The fourth-order valence-corrected chi connectivity index (χ4v) is 2.74. The Labute approximate surface area is 114 Å². The van der Waals surface area contributed by atoms with Crippen LogP contribution in [0, 0.1) is 0 Å². The average Bonchev–Trinajstić information content (AvgIpc) is 2.72. The maximum Gasteiger partial charge on any atom is 0.416 e. The molecule has 6 heteroatoms. The van der Waals surface area contributed by atoms with E-state index in [4.69, 9.17) is 4.74 Å². The van der Waals surface area contributed by atoms with Crippen molar-refractivity contribution in [3.63, 3.8) is 0 Å². The molecule has 0 unspecified atom stereocenters. The molecular formula is C12H8BrF3OS. The second-order valence-corrected chi connectivity index (χ2v) is 6.07. The summed E-state index contributed by atoms with van der Waals surface area (Å²) < 4.78 is 43.7. The highest BCUT2D eigenvalue weighted by Gasteiger charge is 2.30. The molecule has 0 saturated carbocycles. The Hall–Kier alpha value is -1.01. The van der Waals surface area contributed by atoms with Gasteiger partial charge in [-0.1, -0.05) is 6.07 Å². The van der Waals surface area contributed by atoms with Gasteiger partial charge in [0, 0.05) is 4.88 Å². The van der Waals surface area contributed by atoms with Crippen molar-refractivity contribution in [3.05, 3.63) is 50.6 Å². The molecule has 0 aliphatic heterocycles. The van der Waals surface area contributed by atoms with Crippen LogP contribution in [0.1, 0.15) is 10.4 Å². The molecular weight excluding hydrogens is 329 g/mol. The van der Waals surface area contributed by atoms with Gasteiger partial charge in [0.05, 0.1) is 9.35 Å². The average molecular weight is 337 g/mol. The molecule has 1 heterocycles. The maximum atomic E-state index is 12.5. The van der Waals surface area contributed by atoms with Crippen molar-refractivity contribution in [1.82, 2.24) is 0 Å². The Kier molecular flexibility index (Phi) is 3.97. The highest BCUT2D eigenvalue weighted by molar-refractivity contribution is 9.11. The molecule has 2 rings (SSSR count). The zero-order chi connectivity index (χ0) is 13.2. The molecule has 0 bridgehead atoms. The van der Waals surface area contributed by atoms with Gasteiger partial charge < -0.3 is 4.74 Å². The van der Waals surface area contributed by atoms with E-state index in [0.717, 1.165) is 20.8 Å².